The van der Waals surface area contributed by atoms with E-state index in [-0.39, 0.29) is 12.5 Å². The molecule has 1 aliphatic rings. The van der Waals surface area contributed by atoms with Crippen LogP contribution in [0.5, 0.6) is 0 Å². The third kappa shape index (κ3) is 5.58. The topological polar surface area (TPSA) is 62.1 Å². The number of benzene rings is 1. The molecule has 0 aromatic heterocycles. The Morgan fingerprint density at radius 2 is 1.83 bits per heavy atom. The number of likely N-dealkylation sites (N-methyl/N-ethyl adjacent to an activating group) is 1. The number of carbonyl (C=O) groups is 1. The number of carbonyl (C=O) groups excluding carboxylic acids is 1. The first-order chi connectivity index (χ1) is 11.4. The van der Waals surface area contributed by atoms with Crippen LogP contribution in [0.2, 0.25) is 0 Å². The molecule has 1 heterocycles. The Bertz CT molecular complexity index is 626. The first-order valence-electron chi connectivity index (χ1n) is 8.50. The first-order valence-corrected chi connectivity index (χ1v) is 10.4. The summed E-state index contributed by atoms with van der Waals surface area (Å²) < 4.78 is 25.3. The molecule has 0 unspecified atom stereocenters. The summed E-state index contributed by atoms with van der Waals surface area (Å²) in [5, 5.41) is 0. The molecule has 7 heteroatoms. The van der Waals surface area contributed by atoms with E-state index < -0.39 is 10.0 Å². The van der Waals surface area contributed by atoms with Gasteiger partial charge in [0.2, 0.25) is 15.9 Å². The highest BCUT2D eigenvalue weighted by Crippen LogP contribution is 2.06. The van der Waals surface area contributed by atoms with E-state index in [9.17, 15) is 13.2 Å². The van der Waals surface area contributed by atoms with Crippen molar-refractivity contribution < 1.29 is 18.1 Å². The molecule has 0 aliphatic carbocycles. The number of hydrogen-bond acceptors (Lipinski definition) is 3. The number of quaternary nitrogens is 1. The fourth-order valence-electron chi connectivity index (χ4n) is 2.94. The minimum absolute atomic E-state index is 0.0624. The normalized spacial score (nSPS) is 16.5. The van der Waals surface area contributed by atoms with Crippen LogP contribution in [0, 0.1) is 0 Å². The van der Waals surface area contributed by atoms with Crippen molar-refractivity contribution in [1.82, 2.24) is 9.21 Å². The molecule has 1 saturated heterocycles. The Kier molecular flexibility index (Phi) is 6.77. The van der Waals surface area contributed by atoms with E-state index in [1.807, 2.05) is 30.3 Å². The molecule has 2 rings (SSSR count). The summed E-state index contributed by atoms with van der Waals surface area (Å²) in [5.41, 5.74) is 1.07. The van der Waals surface area contributed by atoms with Gasteiger partial charge in [0, 0.05) is 6.54 Å². The quantitative estimate of drug-likeness (QED) is 0.700. The zero-order chi connectivity index (χ0) is 17.6. The highest BCUT2D eigenvalue weighted by molar-refractivity contribution is 7.88. The second-order valence-electron chi connectivity index (χ2n) is 6.32. The van der Waals surface area contributed by atoms with Crippen molar-refractivity contribution in [3.8, 4) is 0 Å². The highest BCUT2D eigenvalue weighted by Gasteiger charge is 2.26. The van der Waals surface area contributed by atoms with Gasteiger partial charge in [-0.1, -0.05) is 30.3 Å². The molecule has 1 aromatic carbocycles. The highest BCUT2D eigenvalue weighted by atomic mass is 32.2. The maximum Gasteiger partial charge on any atom is 0.238 e. The van der Waals surface area contributed by atoms with Crippen molar-refractivity contribution in [2.24, 2.45) is 0 Å². The molecule has 0 atom stereocenters. The lowest BCUT2D eigenvalue weighted by Gasteiger charge is -2.32. The van der Waals surface area contributed by atoms with E-state index in [1.165, 1.54) is 15.5 Å². The predicted octanol–water partition coefficient (Wildman–Crippen LogP) is -0.762. The molecule has 1 amide bonds. The summed E-state index contributed by atoms with van der Waals surface area (Å²) in [7, 11) is -3.40. The number of piperazine rings is 1. The zero-order valence-electron chi connectivity index (χ0n) is 14.6. The van der Waals surface area contributed by atoms with Crippen molar-refractivity contribution in [3.63, 3.8) is 0 Å². The third-order valence-electron chi connectivity index (χ3n) is 4.60. The molecule has 0 spiro atoms. The number of rotatable bonds is 7. The number of hydrogen-bond donors (Lipinski definition) is 1. The second-order valence-corrected chi connectivity index (χ2v) is 8.30. The summed E-state index contributed by atoms with van der Waals surface area (Å²) in [6.45, 7) is 6.76. The predicted molar refractivity (Wildman–Crippen MR) is 94.4 cm³/mol. The lowest BCUT2D eigenvalue weighted by molar-refractivity contribution is -0.902. The van der Waals surface area contributed by atoms with E-state index in [0.29, 0.717) is 26.1 Å². The minimum atomic E-state index is -3.40. The number of nitrogens with one attached hydrogen (secondary N) is 1. The maximum atomic E-state index is 12.5. The molecule has 0 radical (unpaired) electrons. The van der Waals surface area contributed by atoms with E-state index in [1.54, 1.807) is 4.90 Å². The summed E-state index contributed by atoms with van der Waals surface area (Å²) in [4.78, 5) is 15.8. The van der Waals surface area contributed by atoms with Gasteiger partial charge in [-0.05, 0) is 18.9 Å². The molecule has 0 bridgehead atoms. The summed E-state index contributed by atoms with van der Waals surface area (Å²) >= 11 is 0. The van der Waals surface area contributed by atoms with Crippen molar-refractivity contribution >= 4 is 15.9 Å². The fraction of sp³-hybridized carbons (Fsp3) is 0.588. The Labute approximate surface area is 145 Å². The largest absolute Gasteiger partial charge is 0.332 e. The van der Waals surface area contributed by atoms with Gasteiger partial charge in [-0.25, -0.2) is 8.42 Å². The van der Waals surface area contributed by atoms with Gasteiger partial charge < -0.3 is 9.80 Å². The van der Waals surface area contributed by atoms with Crippen LogP contribution in [0.3, 0.4) is 0 Å². The molecule has 0 saturated carbocycles. The molecule has 1 aromatic rings. The minimum Gasteiger partial charge on any atom is -0.332 e. The Balaban J connectivity index is 1.92. The Hall–Kier alpha value is -1.44. The Morgan fingerprint density at radius 3 is 2.38 bits per heavy atom. The van der Waals surface area contributed by atoms with Gasteiger partial charge in [0.1, 0.15) is 0 Å². The van der Waals surface area contributed by atoms with Gasteiger partial charge >= 0.3 is 0 Å². The standard InChI is InChI=1S/C17H27N3O3S/c1-3-18-11-13-19(14-12-18)17(21)15-20(24(2,22)23)10-9-16-7-5-4-6-8-16/h4-8H,3,9-15H2,1-2H3/p+1. The lowest BCUT2D eigenvalue weighted by Crippen LogP contribution is -3.14. The number of nitrogens with zero attached hydrogens (tertiary/aromatic N) is 2. The molecule has 1 N–H and O–H groups in total. The third-order valence-corrected chi connectivity index (χ3v) is 5.85. The summed E-state index contributed by atoms with van der Waals surface area (Å²) in [5.74, 6) is -0.0939. The smallest absolute Gasteiger partial charge is 0.238 e. The van der Waals surface area contributed by atoms with Crippen molar-refractivity contribution in [2.75, 3.05) is 52.1 Å². The lowest BCUT2D eigenvalue weighted by atomic mass is 10.1. The van der Waals surface area contributed by atoms with E-state index >= 15 is 0 Å². The van der Waals surface area contributed by atoms with Crippen LogP contribution in [0.15, 0.2) is 30.3 Å². The van der Waals surface area contributed by atoms with Crippen LogP contribution < -0.4 is 4.90 Å². The van der Waals surface area contributed by atoms with Crippen LogP contribution in [0.25, 0.3) is 0 Å². The zero-order valence-corrected chi connectivity index (χ0v) is 15.4. The fourth-order valence-corrected chi connectivity index (χ4v) is 3.71. The molecule has 6 nitrogen and oxygen atoms in total. The van der Waals surface area contributed by atoms with Gasteiger partial charge in [0.25, 0.3) is 0 Å². The van der Waals surface area contributed by atoms with E-state index in [4.69, 9.17) is 0 Å². The van der Waals surface area contributed by atoms with Crippen molar-refractivity contribution in [2.45, 2.75) is 13.3 Å². The van der Waals surface area contributed by atoms with Crippen LogP contribution in [-0.4, -0.2) is 75.6 Å². The van der Waals surface area contributed by atoms with Gasteiger partial charge in [-0.3, -0.25) is 4.79 Å². The van der Waals surface area contributed by atoms with E-state index in [2.05, 4.69) is 6.92 Å². The molecular formula is C17H28N3O3S+. The second kappa shape index (κ2) is 8.60. The average molecular weight is 354 g/mol. The van der Waals surface area contributed by atoms with Gasteiger partial charge in [0.15, 0.2) is 0 Å². The number of sulfonamides is 1. The Morgan fingerprint density at radius 1 is 1.21 bits per heavy atom. The van der Waals surface area contributed by atoms with Crippen molar-refractivity contribution in [1.29, 1.82) is 0 Å². The van der Waals surface area contributed by atoms with Crippen LogP contribution in [-0.2, 0) is 21.2 Å². The summed E-state index contributed by atoms with van der Waals surface area (Å²) in [6.07, 6.45) is 1.78. The van der Waals surface area contributed by atoms with Gasteiger partial charge in [-0.15, -0.1) is 0 Å². The van der Waals surface area contributed by atoms with Crippen molar-refractivity contribution in [3.05, 3.63) is 35.9 Å². The molecule has 24 heavy (non-hydrogen) atoms. The molecule has 1 fully saturated rings. The van der Waals surface area contributed by atoms with Gasteiger partial charge in [-0.2, -0.15) is 4.31 Å². The molecule has 134 valence electrons. The van der Waals surface area contributed by atoms with Crippen LogP contribution in [0.4, 0.5) is 0 Å². The van der Waals surface area contributed by atoms with E-state index in [0.717, 1.165) is 25.2 Å². The molecule has 1 aliphatic heterocycles. The monoisotopic (exact) mass is 354 g/mol. The summed E-state index contributed by atoms with van der Waals surface area (Å²) in [6, 6.07) is 9.73. The average Bonchev–Trinajstić information content (AvgIpc) is 2.58. The SMILES string of the molecule is CC[NH+]1CCN(C(=O)CN(CCc2ccccc2)S(C)(=O)=O)CC1. The van der Waals surface area contributed by atoms with Crippen LogP contribution >= 0.6 is 0 Å². The van der Waals surface area contributed by atoms with Crippen LogP contribution in [0.1, 0.15) is 12.5 Å². The number of amides is 1. The van der Waals surface area contributed by atoms with Gasteiger partial charge in [0.05, 0.1) is 45.5 Å². The maximum absolute atomic E-state index is 12.5. The first kappa shape index (κ1) is 18.9. The molecular weight excluding hydrogens is 326 g/mol.